The maximum atomic E-state index is 13.0. The van der Waals surface area contributed by atoms with Gasteiger partial charge < -0.3 is 8.83 Å². The van der Waals surface area contributed by atoms with E-state index >= 15 is 0 Å². The van der Waals surface area contributed by atoms with Crippen LogP contribution < -0.4 is 0 Å². The van der Waals surface area contributed by atoms with E-state index in [0.717, 1.165) is 0 Å². The van der Waals surface area contributed by atoms with Crippen LogP contribution in [0.1, 0.15) is 16.3 Å². The van der Waals surface area contributed by atoms with Crippen molar-refractivity contribution in [2.24, 2.45) is 0 Å². The molecule has 0 spiro atoms. The summed E-state index contributed by atoms with van der Waals surface area (Å²) >= 11 is 3.12. The molecule has 0 radical (unpaired) electrons. The second kappa shape index (κ2) is 4.10. The van der Waals surface area contributed by atoms with E-state index in [4.69, 9.17) is 8.83 Å². The quantitative estimate of drug-likeness (QED) is 0.668. The SMILES string of the molecule is O=C(c1ccc(Br)o1)c1cc2cc(F)ccc2o1. The summed E-state index contributed by atoms with van der Waals surface area (Å²) in [7, 11) is 0. The molecule has 3 rings (SSSR count). The summed E-state index contributed by atoms with van der Waals surface area (Å²) in [6.45, 7) is 0. The minimum Gasteiger partial charge on any atom is -0.452 e. The van der Waals surface area contributed by atoms with Crippen molar-refractivity contribution >= 4 is 32.7 Å². The average molecular weight is 309 g/mol. The van der Waals surface area contributed by atoms with Crippen LogP contribution in [-0.2, 0) is 0 Å². The van der Waals surface area contributed by atoms with Crippen LogP contribution in [0, 0.1) is 5.82 Å². The lowest BCUT2D eigenvalue weighted by atomic mass is 10.2. The number of halogens is 2. The summed E-state index contributed by atoms with van der Waals surface area (Å²) in [6.07, 6.45) is 0. The van der Waals surface area contributed by atoms with Gasteiger partial charge in [0.1, 0.15) is 11.4 Å². The fraction of sp³-hybridized carbons (Fsp3) is 0. The summed E-state index contributed by atoms with van der Waals surface area (Å²) in [5, 5.41) is 0.545. The van der Waals surface area contributed by atoms with E-state index in [1.54, 1.807) is 12.1 Å². The standard InChI is InChI=1S/C13H6BrFO3/c14-12-4-3-10(18-12)13(16)11-6-7-5-8(15)1-2-9(7)17-11/h1-6H. The molecule has 3 nitrogen and oxygen atoms in total. The number of hydrogen-bond acceptors (Lipinski definition) is 3. The molecule has 0 atom stereocenters. The zero-order valence-electron chi connectivity index (χ0n) is 8.94. The van der Waals surface area contributed by atoms with Crippen LogP contribution in [0.2, 0.25) is 0 Å². The van der Waals surface area contributed by atoms with Gasteiger partial charge in [-0.3, -0.25) is 4.79 Å². The van der Waals surface area contributed by atoms with E-state index in [-0.39, 0.29) is 23.1 Å². The summed E-state index contributed by atoms with van der Waals surface area (Å²) in [6, 6.07) is 8.74. The lowest BCUT2D eigenvalue weighted by Gasteiger charge is -1.90. The Morgan fingerprint density at radius 2 is 1.89 bits per heavy atom. The van der Waals surface area contributed by atoms with Crippen molar-refractivity contribution in [3.8, 4) is 0 Å². The van der Waals surface area contributed by atoms with E-state index < -0.39 is 0 Å². The highest BCUT2D eigenvalue weighted by Gasteiger charge is 2.18. The van der Waals surface area contributed by atoms with Gasteiger partial charge in [-0.25, -0.2) is 4.39 Å². The molecule has 2 heterocycles. The zero-order chi connectivity index (χ0) is 12.7. The molecule has 0 N–H and O–H groups in total. The number of carbonyl (C=O) groups excluding carboxylic acids is 1. The first kappa shape index (κ1) is 11.2. The van der Waals surface area contributed by atoms with Gasteiger partial charge in [0.05, 0.1) is 0 Å². The molecule has 0 amide bonds. The van der Waals surface area contributed by atoms with Crippen molar-refractivity contribution in [2.75, 3.05) is 0 Å². The van der Waals surface area contributed by atoms with E-state index in [1.807, 2.05) is 0 Å². The number of benzene rings is 1. The summed E-state index contributed by atoms with van der Waals surface area (Å²) in [5.74, 6) is -0.459. The maximum absolute atomic E-state index is 13.0. The van der Waals surface area contributed by atoms with Crippen molar-refractivity contribution in [3.63, 3.8) is 0 Å². The van der Waals surface area contributed by atoms with Crippen molar-refractivity contribution in [2.45, 2.75) is 0 Å². The Morgan fingerprint density at radius 3 is 2.61 bits per heavy atom. The lowest BCUT2D eigenvalue weighted by molar-refractivity contribution is 0.0984. The molecule has 1 aromatic carbocycles. The molecule has 0 saturated heterocycles. The van der Waals surface area contributed by atoms with E-state index in [1.165, 1.54) is 24.3 Å². The molecule has 18 heavy (non-hydrogen) atoms. The Kier molecular flexibility index (Phi) is 2.56. The molecule has 90 valence electrons. The Morgan fingerprint density at radius 1 is 1.06 bits per heavy atom. The first-order chi connectivity index (χ1) is 8.63. The van der Waals surface area contributed by atoms with Crippen molar-refractivity contribution in [1.29, 1.82) is 0 Å². The second-order valence-electron chi connectivity index (χ2n) is 3.73. The highest BCUT2D eigenvalue weighted by molar-refractivity contribution is 9.10. The van der Waals surface area contributed by atoms with Crippen LogP contribution >= 0.6 is 15.9 Å². The molecular formula is C13H6BrFO3. The molecule has 5 heteroatoms. The fourth-order valence-electron chi connectivity index (χ4n) is 1.68. The number of hydrogen-bond donors (Lipinski definition) is 0. The summed E-state index contributed by atoms with van der Waals surface area (Å²) in [4.78, 5) is 12.0. The molecule has 0 aliphatic carbocycles. The van der Waals surface area contributed by atoms with Crippen LogP contribution in [-0.4, -0.2) is 5.78 Å². The van der Waals surface area contributed by atoms with Crippen molar-refractivity contribution < 1.29 is 18.0 Å². The van der Waals surface area contributed by atoms with Crippen LogP contribution in [0.5, 0.6) is 0 Å². The molecule has 0 fully saturated rings. The van der Waals surface area contributed by atoms with Gasteiger partial charge in [-0.1, -0.05) is 0 Å². The number of furan rings is 2. The first-order valence-corrected chi connectivity index (χ1v) is 5.92. The highest BCUT2D eigenvalue weighted by atomic mass is 79.9. The molecule has 0 aliphatic rings. The highest BCUT2D eigenvalue weighted by Crippen LogP contribution is 2.24. The average Bonchev–Trinajstić information content (AvgIpc) is 2.93. The lowest BCUT2D eigenvalue weighted by Crippen LogP contribution is -1.96. The van der Waals surface area contributed by atoms with Gasteiger partial charge in [0, 0.05) is 5.39 Å². The van der Waals surface area contributed by atoms with Crippen LogP contribution in [0.15, 0.2) is 49.9 Å². The topological polar surface area (TPSA) is 43.4 Å². The van der Waals surface area contributed by atoms with Crippen molar-refractivity contribution in [1.82, 2.24) is 0 Å². The third kappa shape index (κ3) is 1.86. The molecule has 0 aliphatic heterocycles. The maximum Gasteiger partial charge on any atom is 0.263 e. The second-order valence-corrected chi connectivity index (χ2v) is 4.51. The van der Waals surface area contributed by atoms with Crippen molar-refractivity contribution in [3.05, 3.63) is 58.4 Å². The Hall–Kier alpha value is -1.88. The van der Waals surface area contributed by atoms with Crippen LogP contribution in [0.25, 0.3) is 11.0 Å². The van der Waals surface area contributed by atoms with Gasteiger partial charge in [0.2, 0.25) is 0 Å². The third-order valence-corrected chi connectivity index (χ3v) is 2.93. The Balaban J connectivity index is 2.06. The smallest absolute Gasteiger partial charge is 0.263 e. The normalized spacial score (nSPS) is 11.0. The Bertz CT molecular complexity index is 742. The summed E-state index contributed by atoms with van der Waals surface area (Å²) in [5.41, 5.74) is 0.463. The number of carbonyl (C=O) groups is 1. The molecular weight excluding hydrogens is 303 g/mol. The molecule has 0 unspecified atom stereocenters. The van der Waals surface area contributed by atoms with E-state index in [9.17, 15) is 9.18 Å². The minimum absolute atomic E-state index is 0.123. The van der Waals surface area contributed by atoms with Crippen LogP contribution in [0.3, 0.4) is 0 Å². The largest absolute Gasteiger partial charge is 0.452 e. The molecule has 0 bridgehead atoms. The predicted molar refractivity (Wildman–Crippen MR) is 66.0 cm³/mol. The predicted octanol–water partition coefficient (Wildman–Crippen LogP) is 4.16. The number of ketones is 1. The van der Waals surface area contributed by atoms with Crippen LogP contribution in [0.4, 0.5) is 4.39 Å². The van der Waals surface area contributed by atoms with Gasteiger partial charge in [-0.05, 0) is 52.3 Å². The van der Waals surface area contributed by atoms with Gasteiger partial charge in [0.25, 0.3) is 5.78 Å². The first-order valence-electron chi connectivity index (χ1n) is 5.12. The molecule has 2 aromatic heterocycles. The third-order valence-electron chi connectivity index (χ3n) is 2.50. The van der Waals surface area contributed by atoms with Gasteiger partial charge in [0.15, 0.2) is 16.2 Å². The monoisotopic (exact) mass is 308 g/mol. The van der Waals surface area contributed by atoms with Gasteiger partial charge in [-0.2, -0.15) is 0 Å². The summed E-state index contributed by atoms with van der Waals surface area (Å²) < 4.78 is 24.0. The minimum atomic E-state index is -0.377. The molecule has 3 aromatic rings. The molecule has 0 saturated carbocycles. The fourth-order valence-corrected chi connectivity index (χ4v) is 1.99. The van der Waals surface area contributed by atoms with Gasteiger partial charge >= 0.3 is 0 Å². The van der Waals surface area contributed by atoms with E-state index in [0.29, 0.717) is 15.6 Å². The Labute approximate surface area is 109 Å². The van der Waals surface area contributed by atoms with E-state index in [2.05, 4.69) is 15.9 Å². The number of rotatable bonds is 2. The zero-order valence-corrected chi connectivity index (χ0v) is 10.5. The van der Waals surface area contributed by atoms with Gasteiger partial charge in [-0.15, -0.1) is 0 Å². The number of fused-ring (bicyclic) bond motifs is 1.